The summed E-state index contributed by atoms with van der Waals surface area (Å²) in [6.07, 6.45) is 2.87. The van der Waals surface area contributed by atoms with Gasteiger partial charge in [0.15, 0.2) is 0 Å². The standard InChI is InChI=1S/C23H29N3O2/c27-23(24-21-5-2-1-3-6-21)20-10-8-19(9-11-20)17-25-12-14-26(15-13-25)18-22-7-4-16-28-22/h1-3,5-6,8-11,22H,4,7,12-18H2,(H,24,27). The van der Waals surface area contributed by atoms with Crippen LogP contribution in [0.15, 0.2) is 54.6 Å². The average Bonchev–Trinajstić information content (AvgIpc) is 3.24. The molecule has 0 radical (unpaired) electrons. The topological polar surface area (TPSA) is 44.8 Å². The molecule has 2 aliphatic heterocycles. The fraction of sp³-hybridized carbons (Fsp3) is 0.435. The molecule has 0 aliphatic carbocycles. The summed E-state index contributed by atoms with van der Waals surface area (Å²) in [5, 5.41) is 2.93. The van der Waals surface area contributed by atoms with Crippen molar-refractivity contribution in [3.63, 3.8) is 0 Å². The van der Waals surface area contributed by atoms with Gasteiger partial charge >= 0.3 is 0 Å². The number of carbonyl (C=O) groups is 1. The summed E-state index contributed by atoms with van der Waals surface area (Å²) in [4.78, 5) is 17.4. The maximum absolute atomic E-state index is 12.4. The van der Waals surface area contributed by atoms with Crippen molar-refractivity contribution < 1.29 is 9.53 Å². The number of benzene rings is 2. The van der Waals surface area contributed by atoms with E-state index in [1.807, 2.05) is 42.5 Å². The van der Waals surface area contributed by atoms with Gasteiger partial charge in [0.25, 0.3) is 5.91 Å². The van der Waals surface area contributed by atoms with E-state index < -0.39 is 0 Å². The summed E-state index contributed by atoms with van der Waals surface area (Å²) in [7, 11) is 0. The Labute approximate surface area is 167 Å². The summed E-state index contributed by atoms with van der Waals surface area (Å²) >= 11 is 0. The van der Waals surface area contributed by atoms with E-state index in [0.717, 1.165) is 51.6 Å². The van der Waals surface area contributed by atoms with Crippen LogP contribution in [0, 0.1) is 0 Å². The van der Waals surface area contributed by atoms with Crippen LogP contribution in [0.2, 0.25) is 0 Å². The minimum absolute atomic E-state index is 0.0690. The van der Waals surface area contributed by atoms with Gasteiger partial charge in [-0.25, -0.2) is 0 Å². The van der Waals surface area contributed by atoms with Crippen LogP contribution in [0.5, 0.6) is 0 Å². The van der Waals surface area contributed by atoms with Gasteiger partial charge in [-0.1, -0.05) is 30.3 Å². The summed E-state index contributed by atoms with van der Waals surface area (Å²) < 4.78 is 5.76. The van der Waals surface area contributed by atoms with Crippen LogP contribution < -0.4 is 5.32 Å². The minimum Gasteiger partial charge on any atom is -0.377 e. The number of hydrogen-bond donors (Lipinski definition) is 1. The van der Waals surface area contributed by atoms with Gasteiger partial charge in [-0.15, -0.1) is 0 Å². The zero-order valence-corrected chi connectivity index (χ0v) is 16.3. The SMILES string of the molecule is O=C(Nc1ccccc1)c1ccc(CN2CCN(CC3CCCO3)CC2)cc1. The number of hydrogen-bond acceptors (Lipinski definition) is 4. The van der Waals surface area contributed by atoms with Gasteiger partial charge in [-0.05, 0) is 42.7 Å². The smallest absolute Gasteiger partial charge is 0.255 e. The molecule has 28 heavy (non-hydrogen) atoms. The van der Waals surface area contributed by atoms with Crippen LogP contribution >= 0.6 is 0 Å². The van der Waals surface area contributed by atoms with Crippen LogP contribution in [-0.4, -0.2) is 61.1 Å². The first-order valence-electron chi connectivity index (χ1n) is 10.3. The monoisotopic (exact) mass is 379 g/mol. The molecule has 2 aromatic rings. The Morgan fingerprint density at radius 2 is 1.68 bits per heavy atom. The molecule has 0 spiro atoms. The van der Waals surface area contributed by atoms with Gasteiger partial charge in [0, 0.05) is 57.1 Å². The molecule has 4 rings (SSSR count). The molecule has 0 aromatic heterocycles. The van der Waals surface area contributed by atoms with Crippen molar-refractivity contribution in [2.75, 3.05) is 44.6 Å². The number of ether oxygens (including phenoxy) is 1. The minimum atomic E-state index is -0.0690. The summed E-state index contributed by atoms with van der Waals surface area (Å²) in [6.45, 7) is 7.35. The molecule has 5 nitrogen and oxygen atoms in total. The molecule has 0 saturated carbocycles. The summed E-state index contributed by atoms with van der Waals surface area (Å²) in [6, 6.07) is 17.5. The molecule has 2 heterocycles. The molecule has 1 N–H and O–H groups in total. The number of piperazine rings is 1. The van der Waals surface area contributed by atoms with E-state index in [1.165, 1.54) is 18.4 Å². The maximum Gasteiger partial charge on any atom is 0.255 e. The van der Waals surface area contributed by atoms with E-state index >= 15 is 0 Å². The largest absolute Gasteiger partial charge is 0.377 e. The first-order chi connectivity index (χ1) is 13.8. The molecule has 2 fully saturated rings. The van der Waals surface area contributed by atoms with E-state index in [-0.39, 0.29) is 5.91 Å². The van der Waals surface area contributed by atoms with E-state index in [9.17, 15) is 4.79 Å². The third-order valence-corrected chi connectivity index (χ3v) is 5.60. The normalized spacial score (nSPS) is 20.9. The van der Waals surface area contributed by atoms with Crippen LogP contribution in [0.3, 0.4) is 0 Å². The maximum atomic E-state index is 12.4. The molecule has 5 heteroatoms. The third kappa shape index (κ3) is 5.19. The highest BCUT2D eigenvalue weighted by Crippen LogP contribution is 2.16. The van der Waals surface area contributed by atoms with Crippen molar-refractivity contribution in [3.8, 4) is 0 Å². The fourth-order valence-corrected chi connectivity index (χ4v) is 3.95. The van der Waals surface area contributed by atoms with Gasteiger partial charge < -0.3 is 10.1 Å². The number of anilines is 1. The molecule has 0 bridgehead atoms. The molecular weight excluding hydrogens is 350 g/mol. The number of carbonyl (C=O) groups excluding carboxylic acids is 1. The fourth-order valence-electron chi connectivity index (χ4n) is 3.95. The van der Waals surface area contributed by atoms with E-state index in [0.29, 0.717) is 11.7 Å². The molecule has 148 valence electrons. The van der Waals surface area contributed by atoms with Gasteiger partial charge in [0.1, 0.15) is 0 Å². The summed E-state index contributed by atoms with van der Waals surface area (Å²) in [5.41, 5.74) is 2.76. The number of amides is 1. The van der Waals surface area contributed by atoms with E-state index in [1.54, 1.807) is 0 Å². The zero-order valence-electron chi connectivity index (χ0n) is 16.3. The van der Waals surface area contributed by atoms with Crippen molar-refractivity contribution in [1.29, 1.82) is 0 Å². The van der Waals surface area contributed by atoms with Crippen molar-refractivity contribution in [2.24, 2.45) is 0 Å². The molecule has 2 aromatic carbocycles. The molecular formula is C23H29N3O2. The van der Waals surface area contributed by atoms with Gasteiger partial charge in [-0.3, -0.25) is 14.6 Å². The zero-order chi connectivity index (χ0) is 19.2. The quantitative estimate of drug-likeness (QED) is 0.837. The third-order valence-electron chi connectivity index (χ3n) is 5.60. The number of para-hydroxylation sites is 1. The van der Waals surface area contributed by atoms with Crippen LogP contribution in [0.25, 0.3) is 0 Å². The highest BCUT2D eigenvalue weighted by molar-refractivity contribution is 6.04. The van der Waals surface area contributed by atoms with Crippen molar-refractivity contribution in [2.45, 2.75) is 25.5 Å². The molecule has 2 saturated heterocycles. The Kier molecular flexibility index (Phi) is 6.37. The van der Waals surface area contributed by atoms with E-state index in [2.05, 4.69) is 27.2 Å². The number of nitrogens with zero attached hydrogens (tertiary/aromatic N) is 2. The van der Waals surface area contributed by atoms with Crippen LogP contribution in [-0.2, 0) is 11.3 Å². The highest BCUT2D eigenvalue weighted by atomic mass is 16.5. The lowest BCUT2D eigenvalue weighted by atomic mass is 10.1. The lowest BCUT2D eigenvalue weighted by Crippen LogP contribution is -2.48. The first kappa shape index (κ1) is 19.1. The Morgan fingerprint density at radius 3 is 2.36 bits per heavy atom. The molecule has 1 amide bonds. The lowest BCUT2D eigenvalue weighted by molar-refractivity contribution is 0.0489. The Morgan fingerprint density at radius 1 is 0.964 bits per heavy atom. The highest BCUT2D eigenvalue weighted by Gasteiger charge is 2.22. The van der Waals surface area contributed by atoms with Gasteiger partial charge in [0.2, 0.25) is 0 Å². The lowest BCUT2D eigenvalue weighted by Gasteiger charge is -2.35. The summed E-state index contributed by atoms with van der Waals surface area (Å²) in [5.74, 6) is -0.0690. The predicted molar refractivity (Wildman–Crippen MR) is 112 cm³/mol. The van der Waals surface area contributed by atoms with E-state index in [4.69, 9.17) is 4.74 Å². The second-order valence-electron chi connectivity index (χ2n) is 7.73. The predicted octanol–water partition coefficient (Wildman–Crippen LogP) is 3.24. The Balaban J connectivity index is 1.24. The van der Waals surface area contributed by atoms with Gasteiger partial charge in [-0.2, -0.15) is 0 Å². The second-order valence-corrected chi connectivity index (χ2v) is 7.73. The van der Waals surface area contributed by atoms with Crippen LogP contribution in [0.1, 0.15) is 28.8 Å². The Bertz CT molecular complexity index is 749. The number of rotatable bonds is 6. The molecule has 1 atom stereocenters. The average molecular weight is 380 g/mol. The molecule has 1 unspecified atom stereocenters. The van der Waals surface area contributed by atoms with Gasteiger partial charge in [0.05, 0.1) is 6.10 Å². The Hall–Kier alpha value is -2.21. The molecule has 2 aliphatic rings. The van der Waals surface area contributed by atoms with Crippen molar-refractivity contribution >= 4 is 11.6 Å². The second kappa shape index (κ2) is 9.32. The van der Waals surface area contributed by atoms with Crippen LogP contribution in [0.4, 0.5) is 5.69 Å². The van der Waals surface area contributed by atoms with Crippen molar-refractivity contribution in [1.82, 2.24) is 9.80 Å². The first-order valence-corrected chi connectivity index (χ1v) is 10.3. The number of nitrogens with one attached hydrogen (secondary N) is 1. The van der Waals surface area contributed by atoms with Crippen molar-refractivity contribution in [3.05, 3.63) is 65.7 Å².